The summed E-state index contributed by atoms with van der Waals surface area (Å²) in [4.78, 5) is 8.25. The number of hydrogen-bond acceptors (Lipinski definition) is 7. The first kappa shape index (κ1) is 22.7. The maximum absolute atomic E-state index is 8.52. The summed E-state index contributed by atoms with van der Waals surface area (Å²) in [6.45, 7) is 0. The summed E-state index contributed by atoms with van der Waals surface area (Å²) in [5, 5.41) is 14.8. The molecule has 0 saturated carbocycles. The first-order valence-electron chi connectivity index (χ1n) is 1.21. The molecule has 0 aliphatic rings. The standard InChI is InChI=1S/NO3.H2O4S.Y.Zr/c2-1(3)4;1-5(2,3)4;;/h;(H2,1,2,3,4);;/q-1;;+3;+4/p-2. The van der Waals surface area contributed by atoms with Crippen LogP contribution in [-0.4, -0.2) is 22.6 Å². The van der Waals surface area contributed by atoms with Crippen LogP contribution in [0.1, 0.15) is 0 Å². The van der Waals surface area contributed by atoms with Crippen LogP contribution in [-0.2, 0) is 69.3 Å². The van der Waals surface area contributed by atoms with Gasteiger partial charge < -0.3 is 24.4 Å². The summed E-state index contributed by atoms with van der Waals surface area (Å²) in [5.41, 5.74) is 0. The summed E-state index contributed by atoms with van der Waals surface area (Å²) in [5.74, 6) is 0. The Kier molecular flexibility index (Phi) is 22.8. The van der Waals surface area contributed by atoms with Crippen LogP contribution >= 0.6 is 0 Å². The van der Waals surface area contributed by atoms with E-state index in [4.69, 9.17) is 32.8 Å². The van der Waals surface area contributed by atoms with Crippen LogP contribution in [0.25, 0.3) is 0 Å². The Morgan fingerprint density at radius 2 is 1.09 bits per heavy atom. The molecule has 0 aromatic rings. The topological polar surface area (TPSA) is 146 Å². The van der Waals surface area contributed by atoms with Gasteiger partial charge in [-0.15, -0.1) is 0 Å². The van der Waals surface area contributed by atoms with E-state index >= 15 is 0 Å². The molecule has 8 nitrogen and oxygen atoms in total. The van der Waals surface area contributed by atoms with Gasteiger partial charge in [0.05, 0.1) is 5.09 Å². The molecule has 0 spiro atoms. The SMILES string of the molecule is O=S(=O)([O-])[O-].O=[N+]([O-])[O-].[Y+3].[Zr+4]. The molecule has 0 heterocycles. The Hall–Kier alpha value is 1.06. The van der Waals surface area contributed by atoms with Gasteiger partial charge in [-0.3, -0.25) is 8.42 Å². The smallest absolute Gasteiger partial charge is 0.759 e. The predicted molar refractivity (Wildman–Crippen MR) is 20.8 cm³/mol. The normalized spacial score (nSPS) is 7.45. The van der Waals surface area contributed by atoms with Gasteiger partial charge >= 0.3 is 58.9 Å². The van der Waals surface area contributed by atoms with Gasteiger partial charge in [-0.2, -0.15) is 0 Å². The number of hydrogen-bond donors (Lipinski definition) is 0. The van der Waals surface area contributed by atoms with Gasteiger partial charge in [-0.05, 0) is 0 Å². The average Bonchev–Trinajstić information content (AvgIpc) is 1.19. The van der Waals surface area contributed by atoms with Crippen molar-refractivity contribution in [3.8, 4) is 0 Å². The van der Waals surface area contributed by atoms with E-state index in [9.17, 15) is 0 Å². The fourth-order valence-electron chi connectivity index (χ4n) is 0. The van der Waals surface area contributed by atoms with Crippen LogP contribution in [0.2, 0.25) is 0 Å². The molecule has 0 saturated heterocycles. The second kappa shape index (κ2) is 11.1. The molecule has 11 heavy (non-hydrogen) atoms. The third-order valence-corrected chi connectivity index (χ3v) is 0. The van der Waals surface area contributed by atoms with Crippen molar-refractivity contribution in [3.63, 3.8) is 0 Å². The summed E-state index contributed by atoms with van der Waals surface area (Å²) in [6.07, 6.45) is 0. The maximum Gasteiger partial charge on any atom is 4.00 e. The summed E-state index contributed by atoms with van der Waals surface area (Å²) in [7, 11) is -5.17. The molecule has 11 heteroatoms. The zero-order valence-electron chi connectivity index (χ0n) is 4.79. The Labute approximate surface area is 106 Å². The van der Waals surface area contributed by atoms with Crippen LogP contribution in [0.3, 0.4) is 0 Å². The average molecular weight is 338 g/mol. The van der Waals surface area contributed by atoms with Crippen molar-refractivity contribution < 1.29 is 81.5 Å². The molecule has 0 aromatic heterocycles. The third-order valence-electron chi connectivity index (χ3n) is 0. The quantitative estimate of drug-likeness (QED) is 0.224. The zero-order chi connectivity index (χ0) is 8.08. The van der Waals surface area contributed by atoms with Crippen molar-refractivity contribution in [3.05, 3.63) is 15.3 Å². The Morgan fingerprint density at radius 3 is 1.09 bits per heavy atom. The molecule has 0 atom stereocenters. The molecule has 0 radical (unpaired) electrons. The molecular weight excluding hydrogens is 338 g/mol. The van der Waals surface area contributed by atoms with Gasteiger partial charge in [-0.1, -0.05) is 0 Å². The van der Waals surface area contributed by atoms with Crippen LogP contribution in [0.5, 0.6) is 0 Å². The first-order chi connectivity index (χ1) is 3.73. The van der Waals surface area contributed by atoms with E-state index in [1.807, 2.05) is 0 Å². The number of rotatable bonds is 0. The molecule has 0 aliphatic carbocycles. The van der Waals surface area contributed by atoms with E-state index in [0.717, 1.165) is 0 Å². The monoisotopic (exact) mass is 337 g/mol. The molecule has 0 N–H and O–H groups in total. The van der Waals surface area contributed by atoms with Crippen molar-refractivity contribution >= 4 is 10.4 Å². The fourth-order valence-corrected chi connectivity index (χ4v) is 0. The number of nitrogens with zero attached hydrogens (tertiary/aromatic N) is 1. The summed E-state index contributed by atoms with van der Waals surface area (Å²) < 4.78 is 34.1. The van der Waals surface area contributed by atoms with E-state index in [0.29, 0.717) is 0 Å². The minimum Gasteiger partial charge on any atom is -0.759 e. The molecule has 0 aliphatic heterocycles. The van der Waals surface area contributed by atoms with E-state index in [1.54, 1.807) is 0 Å². The minimum absolute atomic E-state index is 0. The largest absolute Gasteiger partial charge is 4.00 e. The molecular formula is NO7SYZr+4. The predicted octanol–water partition coefficient (Wildman–Crippen LogP) is -1.58. The third kappa shape index (κ3) is 812. The Balaban J connectivity index is -0.0000000383. The summed E-state index contributed by atoms with van der Waals surface area (Å²) in [6, 6.07) is 0. The minimum atomic E-state index is -5.17. The molecule has 0 rings (SSSR count). The molecule has 0 fully saturated rings. The van der Waals surface area contributed by atoms with E-state index in [-0.39, 0.29) is 58.9 Å². The van der Waals surface area contributed by atoms with Gasteiger partial charge in [0.2, 0.25) is 0 Å². The molecule has 0 amide bonds. The van der Waals surface area contributed by atoms with Gasteiger partial charge in [0.25, 0.3) is 0 Å². The van der Waals surface area contributed by atoms with Gasteiger partial charge in [-0.25, -0.2) is 0 Å². The molecule has 0 aromatic carbocycles. The second-order valence-electron chi connectivity index (χ2n) is 0.632. The Morgan fingerprint density at radius 1 is 1.09 bits per heavy atom. The maximum atomic E-state index is 8.52. The van der Waals surface area contributed by atoms with Crippen molar-refractivity contribution in [1.29, 1.82) is 0 Å². The van der Waals surface area contributed by atoms with Crippen molar-refractivity contribution in [1.82, 2.24) is 0 Å². The van der Waals surface area contributed by atoms with Gasteiger partial charge in [0.1, 0.15) is 0 Å². The van der Waals surface area contributed by atoms with Gasteiger partial charge in [0, 0.05) is 10.4 Å². The van der Waals surface area contributed by atoms with Crippen LogP contribution in [0.15, 0.2) is 0 Å². The van der Waals surface area contributed by atoms with E-state index in [2.05, 4.69) is 0 Å². The van der Waals surface area contributed by atoms with Crippen LogP contribution in [0.4, 0.5) is 0 Å². The van der Waals surface area contributed by atoms with E-state index in [1.165, 1.54) is 0 Å². The van der Waals surface area contributed by atoms with E-state index < -0.39 is 15.5 Å². The summed E-state index contributed by atoms with van der Waals surface area (Å²) >= 11 is 0. The van der Waals surface area contributed by atoms with Gasteiger partial charge in [0.15, 0.2) is 0 Å². The van der Waals surface area contributed by atoms with Crippen molar-refractivity contribution in [2.45, 2.75) is 0 Å². The molecule has 0 unspecified atom stereocenters. The van der Waals surface area contributed by atoms with Crippen LogP contribution < -0.4 is 0 Å². The van der Waals surface area contributed by atoms with Crippen molar-refractivity contribution in [2.75, 3.05) is 0 Å². The zero-order valence-corrected chi connectivity index (χ0v) is 10.9. The van der Waals surface area contributed by atoms with Crippen molar-refractivity contribution in [2.24, 2.45) is 0 Å². The Bertz CT molecular complexity index is 161. The van der Waals surface area contributed by atoms with Crippen LogP contribution in [0, 0.1) is 15.3 Å². The second-order valence-corrected chi connectivity index (χ2v) is 1.45. The molecule has 56 valence electrons. The molecule has 0 bridgehead atoms. The first-order valence-corrected chi connectivity index (χ1v) is 2.55. The fraction of sp³-hybridized carbons (Fsp3) is 0.